The first kappa shape index (κ1) is 10.2. The van der Waals surface area contributed by atoms with Crippen LogP contribution in [0.25, 0.3) is 0 Å². The summed E-state index contributed by atoms with van der Waals surface area (Å²) in [5.41, 5.74) is 0. The van der Waals surface area contributed by atoms with Gasteiger partial charge in [0, 0.05) is 18.9 Å². The van der Waals surface area contributed by atoms with Crippen LogP contribution in [0, 0.1) is 0 Å². The Kier molecular flexibility index (Phi) is 4.96. The fraction of sp³-hybridized carbons (Fsp3) is 1.00. The minimum absolute atomic E-state index is 0.00820. The molecule has 0 aromatic carbocycles. The lowest BCUT2D eigenvalue weighted by Gasteiger charge is -2.07. The predicted molar refractivity (Wildman–Crippen MR) is 41.6 cm³/mol. The Labute approximate surface area is 61.5 Å². The van der Waals surface area contributed by atoms with E-state index in [9.17, 15) is 4.57 Å². The minimum Gasteiger partial charge on any atom is -0.396 e. The first-order valence-corrected chi connectivity index (χ1v) is 5.57. The van der Waals surface area contributed by atoms with Crippen molar-refractivity contribution in [3.8, 4) is 0 Å². The Bertz CT molecular complexity index is 124. The van der Waals surface area contributed by atoms with Crippen LogP contribution >= 0.6 is 7.37 Å². The second-order valence-corrected chi connectivity index (χ2v) is 4.96. The molecular weight excluding hydrogens is 151 g/mol. The first-order valence-electron chi connectivity index (χ1n) is 3.54. The SMILES string of the molecule is CCCP(=O)(O)CCCO. The summed E-state index contributed by atoms with van der Waals surface area (Å²) in [6.45, 7) is 1.88. The van der Waals surface area contributed by atoms with Crippen LogP contribution in [0.2, 0.25) is 0 Å². The topological polar surface area (TPSA) is 57.5 Å². The maximum atomic E-state index is 11.0. The monoisotopic (exact) mass is 166 g/mol. The van der Waals surface area contributed by atoms with Crippen LogP contribution < -0.4 is 0 Å². The molecule has 0 saturated carbocycles. The zero-order chi connectivity index (χ0) is 8.04. The average molecular weight is 166 g/mol. The normalized spacial score (nSPS) is 16.7. The highest BCUT2D eigenvalue weighted by molar-refractivity contribution is 7.57. The molecule has 0 spiro atoms. The van der Waals surface area contributed by atoms with E-state index in [1.807, 2.05) is 6.92 Å². The van der Waals surface area contributed by atoms with Crippen molar-refractivity contribution in [1.82, 2.24) is 0 Å². The Hall–Kier alpha value is 0.150. The Balaban J connectivity index is 3.53. The number of aliphatic hydroxyl groups excluding tert-OH is 1. The Morgan fingerprint density at radius 3 is 2.40 bits per heavy atom. The van der Waals surface area contributed by atoms with E-state index in [2.05, 4.69) is 0 Å². The lowest BCUT2D eigenvalue weighted by molar-refractivity contribution is 0.293. The van der Waals surface area contributed by atoms with E-state index in [1.165, 1.54) is 0 Å². The molecule has 0 aliphatic heterocycles. The molecule has 2 N–H and O–H groups in total. The highest BCUT2D eigenvalue weighted by Gasteiger charge is 2.14. The van der Waals surface area contributed by atoms with Crippen molar-refractivity contribution in [3.63, 3.8) is 0 Å². The van der Waals surface area contributed by atoms with Gasteiger partial charge in [-0.2, -0.15) is 0 Å². The van der Waals surface area contributed by atoms with Crippen molar-refractivity contribution < 1.29 is 14.6 Å². The van der Waals surface area contributed by atoms with Gasteiger partial charge in [0.25, 0.3) is 0 Å². The van der Waals surface area contributed by atoms with E-state index in [4.69, 9.17) is 10.00 Å². The molecule has 0 aliphatic carbocycles. The molecular formula is C6H15O3P. The molecule has 0 aliphatic rings. The third-order valence-corrected chi connectivity index (χ3v) is 3.40. The molecule has 4 heteroatoms. The minimum atomic E-state index is -2.87. The molecule has 62 valence electrons. The van der Waals surface area contributed by atoms with Crippen LogP contribution in [0.3, 0.4) is 0 Å². The van der Waals surface area contributed by atoms with E-state index in [1.54, 1.807) is 0 Å². The summed E-state index contributed by atoms with van der Waals surface area (Å²) in [6.07, 6.45) is 1.82. The van der Waals surface area contributed by atoms with Crippen molar-refractivity contribution in [3.05, 3.63) is 0 Å². The molecule has 3 nitrogen and oxygen atoms in total. The van der Waals surface area contributed by atoms with Crippen LogP contribution in [-0.4, -0.2) is 28.9 Å². The molecule has 0 amide bonds. The maximum absolute atomic E-state index is 11.0. The van der Waals surface area contributed by atoms with E-state index < -0.39 is 7.37 Å². The van der Waals surface area contributed by atoms with Gasteiger partial charge in [0.05, 0.1) is 0 Å². The van der Waals surface area contributed by atoms with Gasteiger partial charge < -0.3 is 10.00 Å². The Morgan fingerprint density at radius 2 is 2.00 bits per heavy atom. The summed E-state index contributed by atoms with van der Waals surface area (Å²) in [5.74, 6) is 0. The lowest BCUT2D eigenvalue weighted by Crippen LogP contribution is -1.95. The van der Waals surface area contributed by atoms with Crippen molar-refractivity contribution in [1.29, 1.82) is 0 Å². The summed E-state index contributed by atoms with van der Waals surface area (Å²) in [6, 6.07) is 0. The first-order chi connectivity index (χ1) is 4.62. The van der Waals surface area contributed by atoms with Crippen molar-refractivity contribution >= 4 is 7.37 Å². The lowest BCUT2D eigenvalue weighted by atomic mass is 10.5. The van der Waals surface area contributed by atoms with Crippen LogP contribution in [0.4, 0.5) is 0 Å². The summed E-state index contributed by atoms with van der Waals surface area (Å²) in [4.78, 5) is 9.09. The van der Waals surface area contributed by atoms with Gasteiger partial charge in [-0.1, -0.05) is 6.92 Å². The van der Waals surface area contributed by atoms with Gasteiger partial charge in [0.1, 0.15) is 0 Å². The van der Waals surface area contributed by atoms with Gasteiger partial charge in [0.2, 0.25) is 7.37 Å². The molecule has 0 fully saturated rings. The van der Waals surface area contributed by atoms with E-state index >= 15 is 0 Å². The highest BCUT2D eigenvalue weighted by atomic mass is 31.2. The average Bonchev–Trinajstić information content (AvgIpc) is 1.84. The van der Waals surface area contributed by atoms with Crippen LogP contribution in [0.1, 0.15) is 19.8 Å². The molecule has 0 aromatic rings. The fourth-order valence-corrected chi connectivity index (χ4v) is 2.34. The van der Waals surface area contributed by atoms with Crippen LogP contribution in [-0.2, 0) is 4.57 Å². The van der Waals surface area contributed by atoms with Crippen LogP contribution in [0.15, 0.2) is 0 Å². The quantitative estimate of drug-likeness (QED) is 0.600. The Morgan fingerprint density at radius 1 is 1.40 bits per heavy atom. The zero-order valence-corrected chi connectivity index (χ0v) is 7.18. The third kappa shape index (κ3) is 4.98. The largest absolute Gasteiger partial charge is 0.396 e. The van der Waals surface area contributed by atoms with Crippen molar-refractivity contribution in [2.45, 2.75) is 19.8 Å². The smallest absolute Gasteiger partial charge is 0.200 e. The van der Waals surface area contributed by atoms with Gasteiger partial charge in [-0.05, 0) is 12.8 Å². The molecule has 0 saturated heterocycles. The standard InChI is InChI=1S/C6H15O3P/c1-2-5-10(8,9)6-3-4-7/h7H,2-6H2,1H3,(H,8,9). The second kappa shape index (κ2) is 4.89. The fourth-order valence-electron chi connectivity index (χ4n) is 0.779. The van der Waals surface area contributed by atoms with Gasteiger partial charge >= 0.3 is 0 Å². The molecule has 0 rings (SSSR count). The summed E-state index contributed by atoms with van der Waals surface area (Å²) >= 11 is 0. The third-order valence-electron chi connectivity index (χ3n) is 1.24. The van der Waals surface area contributed by atoms with Gasteiger partial charge in [-0.3, -0.25) is 4.57 Å². The molecule has 1 atom stereocenters. The highest BCUT2D eigenvalue weighted by Crippen LogP contribution is 2.41. The predicted octanol–water partition coefficient (Wildman–Crippen LogP) is 1.05. The number of hydrogen-bond acceptors (Lipinski definition) is 2. The second-order valence-electron chi connectivity index (χ2n) is 2.37. The summed E-state index contributed by atoms with van der Waals surface area (Å²) in [5, 5.41) is 8.37. The molecule has 0 aromatic heterocycles. The summed E-state index contributed by atoms with van der Waals surface area (Å²) < 4.78 is 11.0. The molecule has 1 unspecified atom stereocenters. The van der Waals surface area contributed by atoms with E-state index in [0.29, 0.717) is 12.6 Å². The van der Waals surface area contributed by atoms with Crippen LogP contribution in [0.5, 0.6) is 0 Å². The molecule has 0 bridgehead atoms. The molecule has 0 heterocycles. The van der Waals surface area contributed by atoms with Crippen molar-refractivity contribution in [2.24, 2.45) is 0 Å². The van der Waals surface area contributed by atoms with E-state index in [-0.39, 0.29) is 12.8 Å². The number of rotatable bonds is 5. The van der Waals surface area contributed by atoms with Gasteiger partial charge in [-0.25, -0.2) is 0 Å². The number of hydrogen-bond donors (Lipinski definition) is 2. The molecule has 10 heavy (non-hydrogen) atoms. The summed E-state index contributed by atoms with van der Waals surface area (Å²) in [7, 11) is -2.87. The number of aliphatic hydroxyl groups is 1. The van der Waals surface area contributed by atoms with Crippen molar-refractivity contribution in [2.75, 3.05) is 18.9 Å². The molecule has 0 radical (unpaired) electrons. The zero-order valence-electron chi connectivity index (χ0n) is 6.29. The van der Waals surface area contributed by atoms with Gasteiger partial charge in [0.15, 0.2) is 0 Å². The van der Waals surface area contributed by atoms with E-state index in [0.717, 1.165) is 6.42 Å². The maximum Gasteiger partial charge on any atom is 0.200 e. The van der Waals surface area contributed by atoms with Gasteiger partial charge in [-0.15, -0.1) is 0 Å².